The van der Waals surface area contributed by atoms with Crippen LogP contribution in [0.4, 0.5) is 0 Å². The molecule has 0 bridgehead atoms. The van der Waals surface area contributed by atoms with Gasteiger partial charge in [-0.25, -0.2) is 4.83 Å². The molecule has 0 aromatic heterocycles. The van der Waals surface area contributed by atoms with Gasteiger partial charge in [0.15, 0.2) is 18.1 Å². The zero-order valence-corrected chi connectivity index (χ0v) is 16.6. The predicted molar refractivity (Wildman–Crippen MR) is 107 cm³/mol. The maximum Gasteiger partial charge on any atom is 0.284 e. The summed E-state index contributed by atoms with van der Waals surface area (Å²) >= 11 is 0. The van der Waals surface area contributed by atoms with Crippen LogP contribution in [0.1, 0.15) is 23.6 Å². The molecule has 1 N–H and O–H groups in total. The van der Waals surface area contributed by atoms with Gasteiger partial charge in [-0.2, -0.15) is 13.5 Å². The molecule has 0 atom stereocenters. The number of nitrogens with one attached hydrogen (secondary N) is 1. The molecule has 0 radical (unpaired) electrons. The number of fused-ring (bicyclic) bond motifs is 1. The quantitative estimate of drug-likeness (QED) is 0.420. The second kappa shape index (κ2) is 8.31. The van der Waals surface area contributed by atoms with Crippen LogP contribution < -0.4 is 14.3 Å². The van der Waals surface area contributed by atoms with Gasteiger partial charge in [0.25, 0.3) is 15.7 Å². The molecular weight excluding hydrogens is 398 g/mol. The monoisotopic (exact) mass is 417 g/mol. The van der Waals surface area contributed by atoms with Gasteiger partial charge in [-0.15, -0.1) is 0 Å². The first kappa shape index (κ1) is 20.3. The first-order valence-corrected chi connectivity index (χ1v) is 10.2. The van der Waals surface area contributed by atoms with E-state index in [4.69, 9.17) is 9.47 Å². The lowest BCUT2D eigenvalue weighted by atomic mass is 10.1. The van der Waals surface area contributed by atoms with Crippen molar-refractivity contribution in [3.63, 3.8) is 0 Å². The second-order valence-electron chi connectivity index (χ2n) is 6.22. The Morgan fingerprint density at radius 2 is 2.03 bits per heavy atom. The van der Waals surface area contributed by atoms with Crippen LogP contribution in [0.15, 0.2) is 52.1 Å². The van der Waals surface area contributed by atoms with E-state index in [9.17, 15) is 18.5 Å². The van der Waals surface area contributed by atoms with E-state index in [1.807, 2.05) is 6.92 Å². The molecule has 1 aliphatic heterocycles. The van der Waals surface area contributed by atoms with Crippen LogP contribution in [-0.2, 0) is 10.0 Å². The number of ether oxygens (including phenoxy) is 2. The highest BCUT2D eigenvalue weighted by molar-refractivity contribution is 7.89. The van der Waals surface area contributed by atoms with E-state index in [1.165, 1.54) is 24.4 Å². The Labute approximate surface area is 167 Å². The fourth-order valence-corrected chi connectivity index (χ4v) is 3.45. The van der Waals surface area contributed by atoms with Crippen molar-refractivity contribution in [1.29, 1.82) is 0 Å². The molecule has 29 heavy (non-hydrogen) atoms. The van der Waals surface area contributed by atoms with E-state index in [0.29, 0.717) is 29.2 Å². The van der Waals surface area contributed by atoms with Gasteiger partial charge in [0, 0.05) is 11.6 Å². The van der Waals surface area contributed by atoms with Crippen molar-refractivity contribution in [2.45, 2.75) is 18.7 Å². The number of rotatable bonds is 7. The minimum absolute atomic E-state index is 0.0888. The average Bonchev–Trinajstić information content (AvgIpc) is 2.68. The zero-order valence-electron chi connectivity index (χ0n) is 15.8. The van der Waals surface area contributed by atoms with Crippen LogP contribution in [0.3, 0.4) is 0 Å². The van der Waals surface area contributed by atoms with E-state index in [1.54, 1.807) is 31.2 Å². The van der Waals surface area contributed by atoms with Gasteiger partial charge < -0.3 is 9.47 Å². The lowest BCUT2D eigenvalue weighted by Gasteiger charge is -2.18. The Bertz CT molecular complexity index is 1090. The molecule has 0 saturated carbocycles. The third kappa shape index (κ3) is 4.72. The molecule has 0 fully saturated rings. The van der Waals surface area contributed by atoms with Crippen LogP contribution in [0.25, 0.3) is 6.08 Å². The second-order valence-corrected chi connectivity index (χ2v) is 7.88. The molecule has 2 aromatic carbocycles. The fourth-order valence-electron chi connectivity index (χ4n) is 2.66. The third-order valence-corrected chi connectivity index (χ3v) is 5.28. The van der Waals surface area contributed by atoms with E-state index in [2.05, 4.69) is 9.93 Å². The largest absolute Gasteiger partial charge is 0.490 e. The molecule has 10 heteroatoms. The Balaban J connectivity index is 1.87. The number of sulfonamides is 1. The fraction of sp³-hybridized carbons (Fsp3) is 0.211. The molecule has 9 nitrogen and oxygen atoms in total. The van der Waals surface area contributed by atoms with Crippen LogP contribution >= 0.6 is 0 Å². The summed E-state index contributed by atoms with van der Waals surface area (Å²) in [6.45, 7) is 3.85. The van der Waals surface area contributed by atoms with Crippen molar-refractivity contribution < 1.29 is 22.8 Å². The maximum absolute atomic E-state index is 12.3. The van der Waals surface area contributed by atoms with Gasteiger partial charge in [0.05, 0.1) is 22.6 Å². The maximum atomic E-state index is 12.3. The smallest absolute Gasteiger partial charge is 0.284 e. The highest BCUT2D eigenvalue weighted by Gasteiger charge is 2.23. The van der Waals surface area contributed by atoms with Gasteiger partial charge >= 0.3 is 0 Å². The highest BCUT2D eigenvalue weighted by Crippen LogP contribution is 2.37. The Hall–Kier alpha value is -3.40. The minimum atomic E-state index is -3.81. The number of nitro groups is 1. The zero-order chi connectivity index (χ0) is 21.0. The lowest BCUT2D eigenvalue weighted by Crippen LogP contribution is -2.18. The van der Waals surface area contributed by atoms with Gasteiger partial charge in [-0.3, -0.25) is 10.1 Å². The molecule has 2 aromatic rings. The van der Waals surface area contributed by atoms with Crippen molar-refractivity contribution >= 4 is 22.3 Å². The highest BCUT2D eigenvalue weighted by atomic mass is 32.2. The van der Waals surface area contributed by atoms with Gasteiger partial charge in [-0.05, 0) is 43.7 Å². The molecular formula is C19H19N3O6S. The molecule has 0 unspecified atom stereocenters. The summed E-state index contributed by atoms with van der Waals surface area (Å²) in [6, 6.07) is 9.58. The summed E-state index contributed by atoms with van der Waals surface area (Å²) in [5, 5.41) is 14.8. The summed E-state index contributed by atoms with van der Waals surface area (Å²) < 4.78 is 35.6. The summed E-state index contributed by atoms with van der Waals surface area (Å²) in [7, 11) is -3.81. The topological polar surface area (TPSA) is 120 Å². The number of aryl methyl sites for hydroxylation is 1. The molecule has 1 heterocycles. The Morgan fingerprint density at radius 3 is 2.69 bits per heavy atom. The summed E-state index contributed by atoms with van der Waals surface area (Å²) in [6.07, 6.45) is 2.69. The van der Waals surface area contributed by atoms with Crippen molar-refractivity contribution in [3.8, 4) is 11.5 Å². The number of hydrogen-bond acceptors (Lipinski definition) is 7. The van der Waals surface area contributed by atoms with Crippen molar-refractivity contribution in [3.05, 3.63) is 68.9 Å². The first-order valence-electron chi connectivity index (χ1n) is 8.70. The van der Waals surface area contributed by atoms with Gasteiger partial charge in [0.1, 0.15) is 0 Å². The molecule has 0 saturated heterocycles. The summed E-state index contributed by atoms with van der Waals surface area (Å²) in [5.74, 6) is 0.793. The third-order valence-electron chi connectivity index (χ3n) is 4.04. The Morgan fingerprint density at radius 1 is 1.31 bits per heavy atom. The SMILES string of the molecule is CCOc1cc(C=NNS(=O)(=O)c2ccc(C)cc2)cc2c1OCC([N+](=O)[O-])=C2. The van der Waals surface area contributed by atoms with Crippen molar-refractivity contribution in [1.82, 2.24) is 4.83 Å². The molecule has 1 aliphatic rings. The number of hydrogen-bond donors (Lipinski definition) is 1. The molecule has 152 valence electrons. The van der Waals surface area contributed by atoms with E-state index in [0.717, 1.165) is 5.56 Å². The first-order chi connectivity index (χ1) is 13.8. The summed E-state index contributed by atoms with van der Waals surface area (Å²) in [5.41, 5.74) is 1.79. The standard InChI is InChI=1S/C19H19N3O6S/c1-3-27-18-9-14(8-15-10-16(22(23)24)12-28-19(15)18)11-20-21-29(25,26)17-6-4-13(2)5-7-17/h4-11,21H,3,12H2,1-2H3. The number of hydrazone groups is 1. The van der Waals surface area contributed by atoms with E-state index < -0.39 is 14.9 Å². The Kier molecular flexibility index (Phi) is 5.83. The lowest BCUT2D eigenvalue weighted by molar-refractivity contribution is -0.427. The molecule has 0 spiro atoms. The normalized spacial score (nSPS) is 13.4. The van der Waals surface area contributed by atoms with Crippen LogP contribution in [0, 0.1) is 17.0 Å². The minimum Gasteiger partial charge on any atom is -0.490 e. The van der Waals surface area contributed by atoms with Gasteiger partial charge in [0.2, 0.25) is 0 Å². The predicted octanol–water partition coefficient (Wildman–Crippen LogP) is 2.72. The van der Waals surface area contributed by atoms with Gasteiger partial charge in [-0.1, -0.05) is 17.7 Å². The van der Waals surface area contributed by atoms with Crippen LogP contribution in [0.2, 0.25) is 0 Å². The van der Waals surface area contributed by atoms with E-state index in [-0.39, 0.29) is 17.2 Å². The van der Waals surface area contributed by atoms with Crippen LogP contribution in [0.5, 0.6) is 11.5 Å². The molecule has 0 aliphatic carbocycles. The number of benzene rings is 2. The average molecular weight is 417 g/mol. The molecule has 3 rings (SSSR count). The summed E-state index contributed by atoms with van der Waals surface area (Å²) in [4.78, 5) is 12.7. The van der Waals surface area contributed by atoms with E-state index >= 15 is 0 Å². The van der Waals surface area contributed by atoms with Crippen LogP contribution in [-0.4, -0.2) is 32.8 Å². The van der Waals surface area contributed by atoms with Crippen molar-refractivity contribution in [2.24, 2.45) is 5.10 Å². The number of nitrogens with zero attached hydrogens (tertiary/aromatic N) is 2. The van der Waals surface area contributed by atoms with Crippen molar-refractivity contribution in [2.75, 3.05) is 13.2 Å². The molecule has 0 amide bonds.